The molecule has 6 nitrogen and oxygen atoms in total. The lowest BCUT2D eigenvalue weighted by Crippen LogP contribution is -2.22. The molecule has 2 aromatic carbocycles. The van der Waals surface area contributed by atoms with Gasteiger partial charge >= 0.3 is 0 Å². The zero-order valence-corrected chi connectivity index (χ0v) is 16.7. The highest BCUT2D eigenvalue weighted by atomic mass is 16.5. The molecule has 4 aromatic rings. The first-order valence-electron chi connectivity index (χ1n) is 9.86. The van der Waals surface area contributed by atoms with Gasteiger partial charge in [-0.05, 0) is 55.0 Å². The van der Waals surface area contributed by atoms with Gasteiger partial charge in [-0.15, -0.1) is 0 Å². The van der Waals surface area contributed by atoms with Crippen LogP contribution in [0.2, 0.25) is 0 Å². The number of pyridine rings is 1. The molecule has 0 unspecified atom stereocenters. The molecule has 0 atom stereocenters. The first-order valence-corrected chi connectivity index (χ1v) is 9.86. The highest BCUT2D eigenvalue weighted by molar-refractivity contribution is 5.94. The molecule has 2 aromatic heterocycles. The summed E-state index contributed by atoms with van der Waals surface area (Å²) in [7, 11) is 0. The number of imidazole rings is 1. The summed E-state index contributed by atoms with van der Waals surface area (Å²) < 4.78 is 13.3. The van der Waals surface area contributed by atoms with Gasteiger partial charge in [-0.25, -0.2) is 4.98 Å². The van der Waals surface area contributed by atoms with E-state index >= 15 is 0 Å². The smallest absolute Gasteiger partial charge is 0.251 e. The fraction of sp³-hybridized carbons (Fsp3) is 0.167. The van der Waals surface area contributed by atoms with Crippen molar-refractivity contribution >= 4 is 11.6 Å². The number of fused-ring (bicyclic) bond motifs is 1. The number of rotatable bonds is 8. The summed E-state index contributed by atoms with van der Waals surface area (Å²) in [5, 5.41) is 2.94. The number of nitrogens with one attached hydrogen (secondary N) is 1. The number of amides is 1. The third-order valence-corrected chi connectivity index (χ3v) is 4.56. The Labute approximate surface area is 175 Å². The molecule has 2 heterocycles. The van der Waals surface area contributed by atoms with Crippen molar-refractivity contribution in [2.75, 3.05) is 6.61 Å². The van der Waals surface area contributed by atoms with E-state index < -0.39 is 0 Å². The Morgan fingerprint density at radius 1 is 1.00 bits per heavy atom. The molecule has 1 amide bonds. The van der Waals surface area contributed by atoms with E-state index in [1.807, 2.05) is 78.3 Å². The summed E-state index contributed by atoms with van der Waals surface area (Å²) in [6.07, 6.45) is 3.88. The predicted molar refractivity (Wildman–Crippen MR) is 115 cm³/mol. The van der Waals surface area contributed by atoms with Crippen molar-refractivity contribution in [3.63, 3.8) is 0 Å². The second kappa shape index (κ2) is 9.13. The molecule has 0 aliphatic heterocycles. The second-order valence-electron chi connectivity index (χ2n) is 6.78. The molecule has 1 N–H and O–H groups in total. The molecule has 0 saturated carbocycles. The van der Waals surface area contributed by atoms with Crippen LogP contribution in [0.1, 0.15) is 28.5 Å². The van der Waals surface area contributed by atoms with Crippen molar-refractivity contribution in [2.45, 2.75) is 20.1 Å². The van der Waals surface area contributed by atoms with Gasteiger partial charge in [-0.3, -0.25) is 4.79 Å². The summed E-state index contributed by atoms with van der Waals surface area (Å²) in [4.78, 5) is 17.1. The molecule has 152 valence electrons. The van der Waals surface area contributed by atoms with Crippen LogP contribution in [0.5, 0.6) is 11.5 Å². The van der Waals surface area contributed by atoms with Crippen molar-refractivity contribution in [2.24, 2.45) is 0 Å². The second-order valence-corrected chi connectivity index (χ2v) is 6.78. The minimum atomic E-state index is -0.157. The van der Waals surface area contributed by atoms with E-state index in [9.17, 15) is 4.79 Å². The van der Waals surface area contributed by atoms with Gasteiger partial charge in [0.25, 0.3) is 5.91 Å². The third-order valence-electron chi connectivity index (χ3n) is 4.56. The summed E-state index contributed by atoms with van der Waals surface area (Å²) >= 11 is 0. The van der Waals surface area contributed by atoms with Gasteiger partial charge in [-0.1, -0.05) is 24.3 Å². The number of carbonyl (C=O) groups excluding carboxylic acids is 1. The Hall–Kier alpha value is -3.80. The monoisotopic (exact) mass is 401 g/mol. The third kappa shape index (κ3) is 4.78. The molecule has 0 spiro atoms. The lowest BCUT2D eigenvalue weighted by Gasteiger charge is -2.09. The number of aromatic nitrogens is 2. The standard InChI is InChI=1S/C24H23N3O3/c1-2-29-21-9-5-7-18(13-21)15-25-24(28)19-8-6-10-22(14-19)30-17-20-16-27-12-4-3-11-23(27)26-20/h3-14,16H,2,15,17H2,1H3,(H,25,28). The molecule has 0 fully saturated rings. The predicted octanol–water partition coefficient (Wildman–Crippen LogP) is 4.24. The van der Waals surface area contributed by atoms with Crippen LogP contribution in [0, 0.1) is 0 Å². The summed E-state index contributed by atoms with van der Waals surface area (Å²) in [5.41, 5.74) is 3.22. The molecule has 0 radical (unpaired) electrons. The van der Waals surface area contributed by atoms with Crippen LogP contribution in [-0.4, -0.2) is 21.9 Å². The minimum absolute atomic E-state index is 0.157. The molecular formula is C24H23N3O3. The number of nitrogens with zero attached hydrogens (tertiary/aromatic N) is 2. The Balaban J connectivity index is 1.36. The highest BCUT2D eigenvalue weighted by Gasteiger charge is 2.08. The topological polar surface area (TPSA) is 64.9 Å². The lowest BCUT2D eigenvalue weighted by atomic mass is 10.1. The van der Waals surface area contributed by atoms with Gasteiger partial charge in [0.15, 0.2) is 0 Å². The van der Waals surface area contributed by atoms with Gasteiger partial charge in [0.05, 0.1) is 12.3 Å². The summed E-state index contributed by atoms with van der Waals surface area (Å²) in [6, 6.07) is 20.7. The van der Waals surface area contributed by atoms with Gasteiger partial charge < -0.3 is 19.2 Å². The molecule has 6 heteroatoms. The Morgan fingerprint density at radius 3 is 2.67 bits per heavy atom. The normalized spacial score (nSPS) is 10.7. The zero-order valence-electron chi connectivity index (χ0n) is 16.7. The van der Waals surface area contributed by atoms with Crippen molar-refractivity contribution in [1.29, 1.82) is 0 Å². The van der Waals surface area contributed by atoms with E-state index in [0.29, 0.717) is 31.1 Å². The van der Waals surface area contributed by atoms with Crippen LogP contribution in [0.4, 0.5) is 0 Å². The van der Waals surface area contributed by atoms with E-state index in [1.54, 1.807) is 12.1 Å². The first-order chi connectivity index (χ1) is 14.7. The maximum absolute atomic E-state index is 12.6. The number of carbonyl (C=O) groups is 1. The van der Waals surface area contributed by atoms with Gasteiger partial charge in [-0.2, -0.15) is 0 Å². The van der Waals surface area contributed by atoms with E-state index in [-0.39, 0.29) is 5.91 Å². The molecule has 4 rings (SSSR count). The van der Waals surface area contributed by atoms with E-state index in [0.717, 1.165) is 22.7 Å². The van der Waals surface area contributed by atoms with Crippen LogP contribution in [0.25, 0.3) is 5.65 Å². The van der Waals surface area contributed by atoms with Crippen LogP contribution >= 0.6 is 0 Å². The van der Waals surface area contributed by atoms with Crippen LogP contribution < -0.4 is 14.8 Å². The lowest BCUT2D eigenvalue weighted by molar-refractivity contribution is 0.0950. The van der Waals surface area contributed by atoms with Crippen LogP contribution in [-0.2, 0) is 13.2 Å². The maximum atomic E-state index is 12.6. The molecular weight excluding hydrogens is 378 g/mol. The summed E-state index contributed by atoms with van der Waals surface area (Å²) in [6.45, 7) is 3.30. The number of hydrogen-bond acceptors (Lipinski definition) is 4. The SMILES string of the molecule is CCOc1cccc(CNC(=O)c2cccc(OCc3cn4ccccc4n3)c2)c1. The number of ether oxygens (including phenoxy) is 2. The van der Waals surface area contributed by atoms with Crippen molar-refractivity contribution in [3.8, 4) is 11.5 Å². The van der Waals surface area contributed by atoms with Crippen LogP contribution in [0.3, 0.4) is 0 Å². The Morgan fingerprint density at radius 2 is 1.83 bits per heavy atom. The van der Waals surface area contributed by atoms with Crippen molar-refractivity contribution < 1.29 is 14.3 Å². The molecule has 30 heavy (non-hydrogen) atoms. The Kier molecular flexibility index (Phi) is 5.94. The quantitative estimate of drug-likeness (QED) is 0.480. The zero-order chi connectivity index (χ0) is 20.8. The highest BCUT2D eigenvalue weighted by Crippen LogP contribution is 2.17. The molecule has 0 bridgehead atoms. The van der Waals surface area contributed by atoms with Gasteiger partial charge in [0.1, 0.15) is 23.8 Å². The molecule has 0 aliphatic rings. The van der Waals surface area contributed by atoms with Gasteiger partial charge in [0.2, 0.25) is 0 Å². The van der Waals surface area contributed by atoms with Crippen molar-refractivity contribution in [1.82, 2.24) is 14.7 Å². The number of benzene rings is 2. The fourth-order valence-electron chi connectivity index (χ4n) is 3.14. The minimum Gasteiger partial charge on any atom is -0.494 e. The largest absolute Gasteiger partial charge is 0.494 e. The van der Waals surface area contributed by atoms with Crippen molar-refractivity contribution in [3.05, 3.63) is 95.9 Å². The van der Waals surface area contributed by atoms with E-state index in [4.69, 9.17) is 9.47 Å². The molecule has 0 saturated heterocycles. The molecule has 0 aliphatic carbocycles. The summed E-state index contributed by atoms with van der Waals surface area (Å²) in [5.74, 6) is 1.26. The van der Waals surface area contributed by atoms with Crippen LogP contribution in [0.15, 0.2) is 79.1 Å². The first kappa shape index (κ1) is 19.5. The fourth-order valence-corrected chi connectivity index (χ4v) is 3.14. The number of hydrogen-bond donors (Lipinski definition) is 1. The Bertz CT molecular complexity index is 1120. The van der Waals surface area contributed by atoms with E-state index in [2.05, 4.69) is 10.3 Å². The average Bonchev–Trinajstić information content (AvgIpc) is 3.20. The average molecular weight is 401 g/mol. The van der Waals surface area contributed by atoms with Gasteiger partial charge in [0, 0.05) is 24.5 Å². The maximum Gasteiger partial charge on any atom is 0.251 e. The van der Waals surface area contributed by atoms with E-state index in [1.165, 1.54) is 0 Å².